The molecule has 35 heavy (non-hydrogen) atoms. The number of nitrogens with one attached hydrogen (secondary N) is 3. The fourth-order valence-electron chi connectivity index (χ4n) is 3.33. The van der Waals surface area contributed by atoms with Crippen LogP contribution in [0.4, 0.5) is 0 Å². The Labute approximate surface area is 206 Å². The summed E-state index contributed by atoms with van der Waals surface area (Å²) >= 11 is 0. The van der Waals surface area contributed by atoms with Crippen molar-refractivity contribution in [1.82, 2.24) is 16.0 Å². The van der Waals surface area contributed by atoms with Crippen LogP contribution in [0.25, 0.3) is 0 Å². The molecule has 13 nitrogen and oxygen atoms in total. The number of amides is 4. The van der Waals surface area contributed by atoms with Gasteiger partial charge in [-0.2, -0.15) is 0 Å². The molecule has 0 fully saturated rings. The van der Waals surface area contributed by atoms with Gasteiger partial charge in [-0.1, -0.05) is 20.3 Å². The quantitative estimate of drug-likeness (QED) is 0.0913. The van der Waals surface area contributed by atoms with Gasteiger partial charge in [0.1, 0.15) is 18.1 Å². The number of unbranched alkanes of at least 4 members (excludes halogenated alkanes) is 2. The van der Waals surface area contributed by atoms with Crippen LogP contribution in [0.15, 0.2) is 0 Å². The lowest BCUT2D eigenvalue weighted by molar-refractivity contribution is -0.143. The second-order valence-electron chi connectivity index (χ2n) is 9.00. The van der Waals surface area contributed by atoms with Gasteiger partial charge in [0.05, 0.1) is 12.5 Å². The average molecular weight is 502 g/mol. The van der Waals surface area contributed by atoms with Crippen molar-refractivity contribution in [2.45, 2.75) is 89.4 Å². The Balaban J connectivity index is 5.46. The van der Waals surface area contributed by atoms with Crippen LogP contribution in [-0.2, 0) is 24.0 Å². The van der Waals surface area contributed by atoms with Gasteiger partial charge >= 0.3 is 5.97 Å². The lowest BCUT2D eigenvalue weighted by Crippen LogP contribution is -2.57. The van der Waals surface area contributed by atoms with Gasteiger partial charge in [-0.05, 0) is 57.5 Å². The van der Waals surface area contributed by atoms with Crippen LogP contribution >= 0.6 is 0 Å². The number of hydrogen-bond acceptors (Lipinski definition) is 8. The van der Waals surface area contributed by atoms with Crippen molar-refractivity contribution in [3.8, 4) is 0 Å². The minimum Gasteiger partial charge on any atom is -0.480 e. The number of carbonyl (C=O) groups is 5. The summed E-state index contributed by atoms with van der Waals surface area (Å²) in [5, 5.41) is 16.7. The fourth-order valence-corrected chi connectivity index (χ4v) is 3.33. The highest BCUT2D eigenvalue weighted by Crippen LogP contribution is 2.08. The van der Waals surface area contributed by atoms with Gasteiger partial charge in [-0.15, -0.1) is 0 Å². The number of hydrogen-bond donors (Lipinski definition) is 8. The second-order valence-corrected chi connectivity index (χ2v) is 9.00. The molecule has 0 aromatic rings. The highest BCUT2D eigenvalue weighted by Gasteiger charge is 2.31. The van der Waals surface area contributed by atoms with E-state index in [9.17, 15) is 29.1 Å². The number of carboxylic acids is 1. The van der Waals surface area contributed by atoms with E-state index in [2.05, 4.69) is 16.0 Å². The van der Waals surface area contributed by atoms with Crippen molar-refractivity contribution in [1.29, 1.82) is 0 Å². The molecule has 0 aromatic carbocycles. The van der Waals surface area contributed by atoms with Crippen LogP contribution in [-0.4, -0.2) is 72.0 Å². The highest BCUT2D eigenvalue weighted by molar-refractivity contribution is 5.96. The molecule has 4 atom stereocenters. The lowest BCUT2D eigenvalue weighted by Gasteiger charge is -2.25. The van der Waals surface area contributed by atoms with Crippen LogP contribution in [0.2, 0.25) is 0 Å². The average Bonchev–Trinajstić information content (AvgIpc) is 2.76. The van der Waals surface area contributed by atoms with Crippen LogP contribution < -0.4 is 38.9 Å². The molecule has 0 rings (SSSR count). The second kappa shape index (κ2) is 17.6. The number of carbonyl (C=O) groups excluding carboxylic acids is 4. The molecule has 0 saturated carbocycles. The molecular formula is C22H43N7O6. The maximum Gasteiger partial charge on any atom is 0.326 e. The third kappa shape index (κ3) is 14.3. The Morgan fingerprint density at radius 3 is 1.71 bits per heavy atom. The van der Waals surface area contributed by atoms with Crippen LogP contribution in [0.1, 0.15) is 65.2 Å². The summed E-state index contributed by atoms with van der Waals surface area (Å²) in [6.45, 7) is 4.45. The van der Waals surface area contributed by atoms with Crippen molar-refractivity contribution >= 4 is 29.6 Å². The van der Waals surface area contributed by atoms with Gasteiger partial charge in [0.15, 0.2) is 0 Å². The molecule has 0 saturated heterocycles. The van der Waals surface area contributed by atoms with Gasteiger partial charge in [0, 0.05) is 0 Å². The Morgan fingerprint density at radius 1 is 0.743 bits per heavy atom. The number of rotatable bonds is 19. The molecule has 0 aromatic heterocycles. The first-order valence-electron chi connectivity index (χ1n) is 12.0. The maximum atomic E-state index is 13.0. The molecule has 4 unspecified atom stereocenters. The summed E-state index contributed by atoms with van der Waals surface area (Å²) in [4.78, 5) is 61.3. The van der Waals surface area contributed by atoms with E-state index in [-0.39, 0.29) is 18.8 Å². The Hall–Kier alpha value is -2.77. The van der Waals surface area contributed by atoms with Gasteiger partial charge in [0.25, 0.3) is 0 Å². The Kier molecular flexibility index (Phi) is 16.2. The summed E-state index contributed by atoms with van der Waals surface area (Å²) in [6.07, 6.45) is 2.68. The van der Waals surface area contributed by atoms with Crippen molar-refractivity contribution in [3.63, 3.8) is 0 Å². The number of nitrogens with two attached hydrogens (primary N) is 4. The SMILES string of the molecule is CC(C)CC(NC(=O)C(CC(N)=O)NC(=O)C(CCCCN)NC(=O)C(N)CCCCN)C(=O)O. The van der Waals surface area contributed by atoms with E-state index in [1.54, 1.807) is 13.8 Å². The Bertz CT molecular complexity index is 704. The van der Waals surface area contributed by atoms with Gasteiger partial charge < -0.3 is 44.0 Å². The predicted molar refractivity (Wildman–Crippen MR) is 130 cm³/mol. The highest BCUT2D eigenvalue weighted by atomic mass is 16.4. The van der Waals surface area contributed by atoms with E-state index in [0.717, 1.165) is 0 Å². The van der Waals surface area contributed by atoms with E-state index in [1.165, 1.54) is 0 Å². The maximum absolute atomic E-state index is 13.0. The fraction of sp³-hybridized carbons (Fsp3) is 0.773. The number of carboxylic acid groups (broad SMARTS) is 1. The number of aliphatic carboxylic acids is 1. The van der Waals surface area contributed by atoms with E-state index in [1.807, 2.05) is 0 Å². The monoisotopic (exact) mass is 501 g/mol. The van der Waals surface area contributed by atoms with E-state index in [4.69, 9.17) is 22.9 Å². The van der Waals surface area contributed by atoms with Crippen LogP contribution in [0.5, 0.6) is 0 Å². The zero-order valence-corrected chi connectivity index (χ0v) is 20.8. The first-order chi connectivity index (χ1) is 16.4. The molecule has 0 aliphatic carbocycles. The summed E-state index contributed by atoms with van der Waals surface area (Å²) < 4.78 is 0. The Morgan fingerprint density at radius 2 is 1.23 bits per heavy atom. The molecule has 0 heterocycles. The summed E-state index contributed by atoms with van der Waals surface area (Å²) in [7, 11) is 0. The van der Waals surface area contributed by atoms with Crippen molar-refractivity contribution in [2.75, 3.05) is 13.1 Å². The molecule has 0 radical (unpaired) electrons. The van der Waals surface area contributed by atoms with Gasteiger partial charge in [0.2, 0.25) is 23.6 Å². The molecular weight excluding hydrogens is 458 g/mol. The molecule has 0 spiro atoms. The zero-order chi connectivity index (χ0) is 27.0. The normalized spacial score (nSPS) is 14.5. The first kappa shape index (κ1) is 32.2. The summed E-state index contributed by atoms with van der Waals surface area (Å²) in [5.41, 5.74) is 22.1. The minimum atomic E-state index is -1.42. The van der Waals surface area contributed by atoms with Gasteiger partial charge in [-0.25, -0.2) is 4.79 Å². The van der Waals surface area contributed by atoms with Crippen molar-refractivity contribution in [2.24, 2.45) is 28.9 Å². The topological polar surface area (TPSA) is 246 Å². The van der Waals surface area contributed by atoms with E-state index < -0.39 is 60.2 Å². The third-order valence-corrected chi connectivity index (χ3v) is 5.25. The molecule has 12 N–H and O–H groups in total. The third-order valence-electron chi connectivity index (χ3n) is 5.25. The molecule has 0 bridgehead atoms. The first-order valence-corrected chi connectivity index (χ1v) is 12.0. The van der Waals surface area contributed by atoms with E-state index >= 15 is 0 Å². The van der Waals surface area contributed by atoms with Crippen molar-refractivity contribution in [3.05, 3.63) is 0 Å². The largest absolute Gasteiger partial charge is 0.480 e. The predicted octanol–water partition coefficient (Wildman–Crippen LogP) is -1.97. The molecule has 0 aliphatic rings. The van der Waals surface area contributed by atoms with Crippen molar-refractivity contribution < 1.29 is 29.1 Å². The van der Waals surface area contributed by atoms with Crippen LogP contribution in [0.3, 0.4) is 0 Å². The molecule has 4 amide bonds. The molecule has 13 heteroatoms. The molecule has 202 valence electrons. The minimum absolute atomic E-state index is 0.0308. The number of primary amides is 1. The molecule has 0 aliphatic heterocycles. The zero-order valence-electron chi connectivity index (χ0n) is 20.8. The standard InChI is InChI=1S/C22H43N7O6/c1-13(2)11-17(22(34)35)29-21(33)16(12-18(26)30)28-20(32)15(8-4-6-10-24)27-19(31)14(25)7-3-5-9-23/h13-17H,3-12,23-25H2,1-2H3,(H2,26,30)(H,27,31)(H,28,32)(H,29,33)(H,34,35). The van der Waals surface area contributed by atoms with E-state index in [0.29, 0.717) is 45.2 Å². The van der Waals surface area contributed by atoms with Crippen LogP contribution in [0, 0.1) is 5.92 Å². The smallest absolute Gasteiger partial charge is 0.326 e. The summed E-state index contributed by atoms with van der Waals surface area (Å²) in [5.74, 6) is -4.26. The van der Waals surface area contributed by atoms with Gasteiger partial charge in [-0.3, -0.25) is 19.2 Å². The lowest BCUT2D eigenvalue weighted by atomic mass is 10.0. The summed E-state index contributed by atoms with van der Waals surface area (Å²) in [6, 6.07) is -4.50.